The zero-order valence-electron chi connectivity index (χ0n) is 43.5. The maximum absolute atomic E-state index is 13.3. The van der Waals surface area contributed by atoms with Crippen molar-refractivity contribution in [2.75, 3.05) is 13.2 Å². The molecule has 0 saturated carbocycles. The molecule has 0 aromatic carbocycles. The molecule has 0 radical (unpaired) electrons. The molecule has 6 N–H and O–H groups in total. The molecule has 1 rings (SSSR count). The zero-order chi connectivity index (χ0) is 49.0. The number of nitrogens with one attached hydrogen (secondary N) is 1. The van der Waals surface area contributed by atoms with Crippen molar-refractivity contribution in [2.24, 2.45) is 0 Å². The Morgan fingerprint density at radius 1 is 0.567 bits per heavy atom. The van der Waals surface area contributed by atoms with Crippen LogP contribution in [0.5, 0.6) is 0 Å². The summed E-state index contributed by atoms with van der Waals surface area (Å²) in [5.41, 5.74) is 0. The van der Waals surface area contributed by atoms with Gasteiger partial charge in [0.15, 0.2) is 12.4 Å². The topological polar surface area (TPSA) is 175 Å². The molecule has 0 spiro atoms. The molecular weight excluding hydrogens is 847 g/mol. The van der Waals surface area contributed by atoms with Crippen LogP contribution in [0.4, 0.5) is 0 Å². The maximum atomic E-state index is 13.3. The van der Waals surface area contributed by atoms with Crippen molar-refractivity contribution < 1.29 is 49.3 Å². The highest BCUT2D eigenvalue weighted by Crippen LogP contribution is 2.26. The van der Waals surface area contributed by atoms with E-state index in [9.17, 15) is 35.1 Å². The number of allylic oxidation sites excluding steroid dienone is 1. The van der Waals surface area contributed by atoms with Crippen LogP contribution in [-0.4, -0.2) is 99.6 Å². The Hall–Kier alpha value is -1.60. The number of hydrogen-bond donors (Lipinski definition) is 6. The fraction of sp³-hybridized carbons (Fsp3) is 0.929. The van der Waals surface area contributed by atoms with Crippen LogP contribution in [-0.2, 0) is 23.8 Å². The average Bonchev–Trinajstić information content (AvgIpc) is 3.32. The van der Waals surface area contributed by atoms with Gasteiger partial charge in [0.2, 0.25) is 5.91 Å². The van der Waals surface area contributed by atoms with E-state index in [0.29, 0.717) is 19.3 Å². The molecule has 8 unspecified atom stereocenters. The van der Waals surface area contributed by atoms with Crippen LogP contribution in [0.3, 0.4) is 0 Å². The lowest BCUT2D eigenvalue weighted by Gasteiger charge is -2.41. The van der Waals surface area contributed by atoms with E-state index < -0.39 is 67.4 Å². The predicted molar refractivity (Wildman–Crippen MR) is 274 cm³/mol. The zero-order valence-corrected chi connectivity index (χ0v) is 43.5. The minimum Gasteiger partial charge on any atom is -0.454 e. The smallest absolute Gasteiger partial charge is 0.306 e. The predicted octanol–water partition coefficient (Wildman–Crippen LogP) is 12.4. The van der Waals surface area contributed by atoms with Gasteiger partial charge in [0.1, 0.15) is 24.4 Å². The highest BCUT2D eigenvalue weighted by molar-refractivity contribution is 5.80. The van der Waals surface area contributed by atoms with Gasteiger partial charge in [-0.1, -0.05) is 251 Å². The van der Waals surface area contributed by atoms with E-state index in [-0.39, 0.29) is 13.0 Å². The second kappa shape index (κ2) is 45.5. The lowest BCUT2D eigenvalue weighted by Crippen LogP contribution is -2.61. The van der Waals surface area contributed by atoms with Gasteiger partial charge in [-0.3, -0.25) is 9.59 Å². The number of amides is 1. The van der Waals surface area contributed by atoms with E-state index in [1.165, 1.54) is 167 Å². The van der Waals surface area contributed by atoms with Crippen LogP contribution < -0.4 is 5.32 Å². The molecule has 1 fully saturated rings. The van der Waals surface area contributed by atoms with E-state index in [2.05, 4.69) is 26.1 Å². The molecule has 1 saturated heterocycles. The van der Waals surface area contributed by atoms with Crippen LogP contribution in [0, 0.1) is 0 Å². The molecule has 8 atom stereocenters. The maximum Gasteiger partial charge on any atom is 0.306 e. The molecule has 0 bridgehead atoms. The second-order valence-corrected chi connectivity index (χ2v) is 20.0. The fourth-order valence-electron chi connectivity index (χ4n) is 9.12. The lowest BCUT2D eigenvalue weighted by atomic mass is 9.99. The Kier molecular flexibility index (Phi) is 43.1. The molecular formula is C56H107NO10. The summed E-state index contributed by atoms with van der Waals surface area (Å²) in [4.78, 5) is 26.4. The Morgan fingerprint density at radius 3 is 1.40 bits per heavy atom. The largest absolute Gasteiger partial charge is 0.454 e. The molecule has 11 nitrogen and oxygen atoms in total. The molecule has 0 aromatic heterocycles. The van der Waals surface area contributed by atoms with Crippen molar-refractivity contribution in [1.29, 1.82) is 0 Å². The van der Waals surface area contributed by atoms with Gasteiger partial charge in [-0.05, 0) is 25.7 Å². The summed E-state index contributed by atoms with van der Waals surface area (Å²) >= 11 is 0. The van der Waals surface area contributed by atoms with Crippen LogP contribution in [0.25, 0.3) is 0 Å². The summed E-state index contributed by atoms with van der Waals surface area (Å²) in [5, 5.41) is 56.7. The third-order valence-electron chi connectivity index (χ3n) is 13.7. The number of unbranched alkanes of at least 4 members (excludes halogenated alkanes) is 34. The highest BCUT2D eigenvalue weighted by Gasteiger charge is 2.47. The van der Waals surface area contributed by atoms with Gasteiger partial charge in [-0.2, -0.15) is 0 Å². The Bertz CT molecular complexity index is 1140. The summed E-state index contributed by atoms with van der Waals surface area (Å²) in [6, 6.07) is -1.01. The van der Waals surface area contributed by atoms with Crippen molar-refractivity contribution in [1.82, 2.24) is 5.32 Å². The highest BCUT2D eigenvalue weighted by atomic mass is 16.7. The first-order valence-electron chi connectivity index (χ1n) is 28.5. The Labute approximate surface area is 410 Å². The van der Waals surface area contributed by atoms with Gasteiger partial charge < -0.3 is 45.1 Å². The van der Waals surface area contributed by atoms with Gasteiger partial charge >= 0.3 is 5.97 Å². The van der Waals surface area contributed by atoms with Crippen molar-refractivity contribution >= 4 is 11.9 Å². The van der Waals surface area contributed by atoms with Gasteiger partial charge in [0.25, 0.3) is 0 Å². The molecule has 1 amide bonds. The second-order valence-electron chi connectivity index (χ2n) is 20.0. The van der Waals surface area contributed by atoms with Crippen LogP contribution in [0.2, 0.25) is 0 Å². The van der Waals surface area contributed by atoms with Gasteiger partial charge in [0, 0.05) is 6.42 Å². The minimum atomic E-state index is -1.60. The SMILES string of the molecule is CCCCCCCCCCCCC/C=C/C(O)C(COC1OC(CO)C(O)C(O)C1OC(=O)CCCCCCCCCCCCCCC)NC(=O)C(O)CCCCCCCCCCCCCC. The summed E-state index contributed by atoms with van der Waals surface area (Å²) in [6.45, 7) is 5.79. The van der Waals surface area contributed by atoms with Gasteiger partial charge in [-0.25, -0.2) is 0 Å². The lowest BCUT2D eigenvalue weighted by molar-refractivity contribution is -0.305. The molecule has 1 heterocycles. The number of esters is 1. The van der Waals surface area contributed by atoms with Crippen molar-refractivity contribution in [3.05, 3.63) is 12.2 Å². The summed E-state index contributed by atoms with van der Waals surface area (Å²) in [7, 11) is 0. The molecule has 0 aliphatic carbocycles. The first-order valence-corrected chi connectivity index (χ1v) is 28.5. The molecule has 396 valence electrons. The summed E-state index contributed by atoms with van der Waals surface area (Å²) in [6.07, 6.45) is 38.2. The molecule has 1 aliphatic heterocycles. The minimum absolute atomic E-state index is 0.131. The molecule has 11 heteroatoms. The van der Waals surface area contributed by atoms with Crippen molar-refractivity contribution in [3.63, 3.8) is 0 Å². The monoisotopic (exact) mass is 954 g/mol. The number of carbonyl (C=O) groups excluding carboxylic acids is 2. The molecule has 67 heavy (non-hydrogen) atoms. The first-order chi connectivity index (χ1) is 32.7. The Balaban J connectivity index is 2.74. The number of aliphatic hydroxyl groups excluding tert-OH is 5. The van der Waals surface area contributed by atoms with E-state index in [1.807, 2.05) is 6.08 Å². The van der Waals surface area contributed by atoms with E-state index in [1.54, 1.807) is 6.08 Å². The van der Waals surface area contributed by atoms with E-state index in [0.717, 1.165) is 57.8 Å². The number of ether oxygens (including phenoxy) is 3. The number of carbonyl (C=O) groups is 2. The third-order valence-corrected chi connectivity index (χ3v) is 13.7. The average molecular weight is 954 g/mol. The number of hydrogen-bond acceptors (Lipinski definition) is 10. The van der Waals surface area contributed by atoms with Gasteiger partial charge in [-0.15, -0.1) is 0 Å². The van der Waals surface area contributed by atoms with Crippen molar-refractivity contribution in [3.8, 4) is 0 Å². The van der Waals surface area contributed by atoms with E-state index >= 15 is 0 Å². The fourth-order valence-corrected chi connectivity index (χ4v) is 9.12. The molecule has 1 aliphatic rings. The Morgan fingerprint density at radius 2 is 0.970 bits per heavy atom. The van der Waals surface area contributed by atoms with Crippen molar-refractivity contribution in [2.45, 2.75) is 320 Å². The number of rotatable bonds is 48. The van der Waals surface area contributed by atoms with Crippen LogP contribution in [0.1, 0.15) is 271 Å². The third kappa shape index (κ3) is 34.4. The van der Waals surface area contributed by atoms with Crippen LogP contribution >= 0.6 is 0 Å². The van der Waals surface area contributed by atoms with E-state index in [4.69, 9.17) is 14.2 Å². The summed E-state index contributed by atoms with van der Waals surface area (Å²) < 4.78 is 17.6. The molecule has 0 aromatic rings. The van der Waals surface area contributed by atoms with Crippen LogP contribution in [0.15, 0.2) is 12.2 Å². The quantitative estimate of drug-likeness (QED) is 0.0196. The van der Waals surface area contributed by atoms with Gasteiger partial charge in [0.05, 0.1) is 25.4 Å². The number of aliphatic hydroxyl groups is 5. The first kappa shape index (κ1) is 63.4. The normalized spacial score (nSPS) is 20.0. The standard InChI is InChI=1S/C56H107NO10/c1-4-7-10-13-16-19-22-25-28-30-33-36-39-42-48(59)47(57-55(64)49(60)43-40-37-34-31-27-24-21-18-15-12-9-6-3)46-65-56-54(53(63)52(62)50(45-58)66-56)67-51(61)44-41-38-35-32-29-26-23-20-17-14-11-8-5-2/h39,42,47-50,52-54,56,58-60,62-63H,4-38,40-41,43-46H2,1-3H3,(H,57,64)/b42-39+. The summed E-state index contributed by atoms with van der Waals surface area (Å²) in [5.74, 6) is -1.18.